The van der Waals surface area contributed by atoms with Crippen molar-refractivity contribution < 1.29 is 14.3 Å². The number of hydrogen-bond acceptors (Lipinski definition) is 6. The van der Waals surface area contributed by atoms with Crippen molar-refractivity contribution in [3.05, 3.63) is 39.9 Å². The third-order valence-electron chi connectivity index (χ3n) is 2.85. The fraction of sp³-hybridized carbons (Fsp3) is 0.0833. The standard InChI is InChI=1S/C12H9FN4O3S/c13-5-1-4-6(15-11(20)10(4)19)2-7(5)21-12-16-8(14)3-9(18)17-12/h1-3,10,19H,(H,15,20)(H3,14,16,17,18). The number of benzene rings is 1. The molecular weight excluding hydrogens is 299 g/mol. The lowest BCUT2D eigenvalue weighted by atomic mass is 10.1. The Balaban J connectivity index is 1.99. The molecule has 0 spiro atoms. The lowest BCUT2D eigenvalue weighted by Gasteiger charge is -2.06. The normalized spacial score (nSPS) is 16.7. The average Bonchev–Trinajstić information content (AvgIpc) is 2.65. The van der Waals surface area contributed by atoms with Crippen molar-refractivity contribution in [3.63, 3.8) is 0 Å². The van der Waals surface area contributed by atoms with Gasteiger partial charge in [-0.05, 0) is 23.9 Å². The van der Waals surface area contributed by atoms with Crippen molar-refractivity contribution in [2.45, 2.75) is 16.2 Å². The number of carbonyl (C=O) groups is 1. The van der Waals surface area contributed by atoms with Crippen molar-refractivity contribution in [3.8, 4) is 0 Å². The molecule has 1 aromatic heterocycles. The number of aromatic nitrogens is 2. The summed E-state index contributed by atoms with van der Waals surface area (Å²) in [5, 5.41) is 12.1. The number of aromatic amines is 1. The van der Waals surface area contributed by atoms with E-state index in [1.807, 2.05) is 0 Å². The van der Waals surface area contributed by atoms with Crippen LogP contribution in [0.1, 0.15) is 11.7 Å². The molecule has 0 saturated heterocycles. The van der Waals surface area contributed by atoms with Crippen LogP contribution < -0.4 is 16.6 Å². The molecule has 1 aliphatic rings. The van der Waals surface area contributed by atoms with Gasteiger partial charge in [0.25, 0.3) is 11.5 Å². The SMILES string of the molecule is Nc1cc(=O)[nH]c(Sc2cc3c(cc2F)C(O)C(=O)N3)n1. The van der Waals surface area contributed by atoms with Gasteiger partial charge in [-0.3, -0.25) is 9.59 Å². The number of fused-ring (bicyclic) bond motifs is 1. The molecule has 1 aromatic carbocycles. The van der Waals surface area contributed by atoms with E-state index in [9.17, 15) is 19.1 Å². The molecule has 7 nitrogen and oxygen atoms in total. The topological polar surface area (TPSA) is 121 Å². The molecular formula is C12H9FN4O3S. The molecule has 0 fully saturated rings. The summed E-state index contributed by atoms with van der Waals surface area (Å²) in [5.74, 6) is -1.23. The van der Waals surface area contributed by atoms with Gasteiger partial charge in [-0.1, -0.05) is 0 Å². The molecule has 0 bridgehead atoms. The van der Waals surface area contributed by atoms with Crippen LogP contribution in [0.25, 0.3) is 0 Å². The Morgan fingerprint density at radius 1 is 1.33 bits per heavy atom. The zero-order chi connectivity index (χ0) is 15.1. The molecule has 3 rings (SSSR count). The third kappa shape index (κ3) is 2.48. The van der Waals surface area contributed by atoms with Gasteiger partial charge in [0.05, 0.1) is 4.90 Å². The number of nitrogen functional groups attached to an aromatic ring is 1. The molecule has 21 heavy (non-hydrogen) atoms. The van der Waals surface area contributed by atoms with E-state index in [4.69, 9.17) is 5.73 Å². The number of carbonyl (C=O) groups excluding carboxylic acids is 1. The highest BCUT2D eigenvalue weighted by Gasteiger charge is 2.30. The second kappa shape index (κ2) is 4.86. The van der Waals surface area contributed by atoms with Gasteiger partial charge in [0, 0.05) is 17.3 Å². The van der Waals surface area contributed by atoms with Crippen LogP contribution in [-0.4, -0.2) is 21.0 Å². The van der Waals surface area contributed by atoms with Crippen LogP contribution >= 0.6 is 11.8 Å². The highest BCUT2D eigenvalue weighted by Crippen LogP contribution is 2.37. The van der Waals surface area contributed by atoms with Crippen molar-refractivity contribution in [1.82, 2.24) is 9.97 Å². The zero-order valence-corrected chi connectivity index (χ0v) is 11.2. The van der Waals surface area contributed by atoms with Gasteiger partial charge in [0.2, 0.25) is 0 Å². The number of H-pyrrole nitrogens is 1. The Bertz CT molecular complexity index is 808. The van der Waals surface area contributed by atoms with E-state index in [0.717, 1.165) is 23.9 Å². The number of halogens is 1. The van der Waals surface area contributed by atoms with Gasteiger partial charge >= 0.3 is 0 Å². The first-order chi connectivity index (χ1) is 9.94. The van der Waals surface area contributed by atoms with E-state index < -0.39 is 23.4 Å². The smallest absolute Gasteiger partial charge is 0.257 e. The lowest BCUT2D eigenvalue weighted by molar-refractivity contribution is -0.123. The molecule has 5 N–H and O–H groups in total. The molecule has 108 valence electrons. The summed E-state index contributed by atoms with van der Waals surface area (Å²) in [4.78, 5) is 29.1. The molecule has 2 aromatic rings. The minimum Gasteiger partial charge on any atom is -0.383 e. The summed E-state index contributed by atoms with van der Waals surface area (Å²) in [6.07, 6.45) is -1.38. The molecule has 9 heteroatoms. The quantitative estimate of drug-likeness (QED) is 0.604. The number of nitrogens with one attached hydrogen (secondary N) is 2. The Hall–Kier alpha value is -2.39. The van der Waals surface area contributed by atoms with Gasteiger partial charge < -0.3 is 21.1 Å². The summed E-state index contributed by atoms with van der Waals surface area (Å²) in [5.41, 5.74) is 5.50. The average molecular weight is 308 g/mol. The molecule has 1 atom stereocenters. The van der Waals surface area contributed by atoms with Crippen LogP contribution in [0.15, 0.2) is 33.0 Å². The summed E-state index contributed by atoms with van der Waals surface area (Å²) in [6.45, 7) is 0. The van der Waals surface area contributed by atoms with Gasteiger partial charge in [0.15, 0.2) is 11.3 Å². The molecule has 0 aliphatic carbocycles. The first kappa shape index (κ1) is 13.6. The van der Waals surface area contributed by atoms with E-state index in [1.54, 1.807) is 0 Å². The van der Waals surface area contributed by atoms with E-state index in [-0.39, 0.29) is 21.4 Å². The molecule has 1 unspecified atom stereocenters. The van der Waals surface area contributed by atoms with Crippen LogP contribution in [0.5, 0.6) is 0 Å². The predicted molar refractivity (Wildman–Crippen MR) is 73.4 cm³/mol. The van der Waals surface area contributed by atoms with Gasteiger partial charge in [-0.15, -0.1) is 0 Å². The van der Waals surface area contributed by atoms with Gasteiger partial charge in [0.1, 0.15) is 11.6 Å². The highest BCUT2D eigenvalue weighted by atomic mass is 32.2. The van der Waals surface area contributed by atoms with Crippen molar-refractivity contribution >= 4 is 29.2 Å². The fourth-order valence-electron chi connectivity index (χ4n) is 1.93. The third-order valence-corrected chi connectivity index (χ3v) is 3.77. The Morgan fingerprint density at radius 2 is 2.10 bits per heavy atom. The number of aliphatic hydroxyl groups excluding tert-OH is 1. The van der Waals surface area contributed by atoms with Crippen LogP contribution in [0, 0.1) is 5.82 Å². The number of amides is 1. The number of rotatable bonds is 2. The first-order valence-electron chi connectivity index (χ1n) is 5.81. The minimum atomic E-state index is -1.38. The minimum absolute atomic E-state index is 0.0199. The molecule has 0 radical (unpaired) electrons. The molecule has 1 aliphatic heterocycles. The number of nitrogens with two attached hydrogens (primary N) is 1. The number of nitrogens with zero attached hydrogens (tertiary/aromatic N) is 1. The van der Waals surface area contributed by atoms with Crippen molar-refractivity contribution in [2.75, 3.05) is 11.1 Å². The molecule has 0 saturated carbocycles. The van der Waals surface area contributed by atoms with Crippen LogP contribution in [0.3, 0.4) is 0 Å². The van der Waals surface area contributed by atoms with Gasteiger partial charge in [-0.2, -0.15) is 0 Å². The maximum absolute atomic E-state index is 14.0. The van der Waals surface area contributed by atoms with E-state index in [0.29, 0.717) is 5.69 Å². The fourth-order valence-corrected chi connectivity index (χ4v) is 2.77. The number of anilines is 2. The monoisotopic (exact) mass is 308 g/mol. The summed E-state index contributed by atoms with van der Waals surface area (Å²) in [6, 6.07) is 3.55. The maximum Gasteiger partial charge on any atom is 0.257 e. The Morgan fingerprint density at radius 3 is 2.81 bits per heavy atom. The Kier molecular flexibility index (Phi) is 3.15. The zero-order valence-electron chi connectivity index (χ0n) is 10.4. The summed E-state index contributed by atoms with van der Waals surface area (Å²) >= 11 is 0.856. The van der Waals surface area contributed by atoms with Crippen LogP contribution in [0.2, 0.25) is 0 Å². The lowest BCUT2D eigenvalue weighted by Crippen LogP contribution is -2.10. The predicted octanol–water partition coefficient (Wildman–Crippen LogP) is 0.628. The number of hydrogen-bond donors (Lipinski definition) is 4. The van der Waals surface area contributed by atoms with E-state index >= 15 is 0 Å². The second-order valence-corrected chi connectivity index (χ2v) is 5.37. The van der Waals surface area contributed by atoms with Crippen LogP contribution in [-0.2, 0) is 4.79 Å². The van der Waals surface area contributed by atoms with Crippen LogP contribution in [0.4, 0.5) is 15.9 Å². The maximum atomic E-state index is 14.0. The first-order valence-corrected chi connectivity index (χ1v) is 6.63. The second-order valence-electron chi connectivity index (χ2n) is 4.34. The van der Waals surface area contributed by atoms with Crippen molar-refractivity contribution in [2.24, 2.45) is 0 Å². The number of aliphatic hydroxyl groups is 1. The largest absolute Gasteiger partial charge is 0.383 e. The van der Waals surface area contributed by atoms with E-state index in [2.05, 4.69) is 15.3 Å². The Labute approximate surface area is 121 Å². The van der Waals surface area contributed by atoms with Gasteiger partial charge in [-0.25, -0.2) is 9.37 Å². The summed E-state index contributed by atoms with van der Waals surface area (Å²) in [7, 11) is 0. The summed E-state index contributed by atoms with van der Waals surface area (Å²) < 4.78 is 14.0. The molecule has 2 heterocycles. The van der Waals surface area contributed by atoms with E-state index in [1.165, 1.54) is 6.07 Å². The highest BCUT2D eigenvalue weighted by molar-refractivity contribution is 7.99. The van der Waals surface area contributed by atoms with Crippen molar-refractivity contribution in [1.29, 1.82) is 0 Å². The molecule has 1 amide bonds.